The van der Waals surface area contributed by atoms with Crippen molar-refractivity contribution >= 4 is 12.1 Å². The van der Waals surface area contributed by atoms with Crippen molar-refractivity contribution < 1.29 is 4.79 Å². The number of rotatable bonds is 5. The normalized spacial score (nSPS) is 15.7. The number of benzene rings is 1. The summed E-state index contributed by atoms with van der Waals surface area (Å²) in [5, 5.41) is 3.18. The molecule has 1 heterocycles. The summed E-state index contributed by atoms with van der Waals surface area (Å²) >= 11 is 0. The number of nitrogens with one attached hydrogen (secondary N) is 1. The number of amides is 1. The Hall–Kier alpha value is -1.55. The highest BCUT2D eigenvalue weighted by atomic mass is 16.1. The molecule has 0 aliphatic carbocycles. The molecule has 1 fully saturated rings. The van der Waals surface area contributed by atoms with Gasteiger partial charge in [-0.15, -0.1) is 0 Å². The molecule has 1 saturated heterocycles. The minimum Gasteiger partial charge on any atom is -0.368 e. The van der Waals surface area contributed by atoms with Crippen molar-refractivity contribution in [2.75, 3.05) is 44.7 Å². The third kappa shape index (κ3) is 3.47. The number of hydrogen-bond acceptors (Lipinski definition) is 3. The molecule has 1 amide bonds. The fourth-order valence-corrected chi connectivity index (χ4v) is 2.57. The zero-order chi connectivity index (χ0) is 13.7. The number of carbonyl (C=O) groups excluding carboxylic acids is 1. The second-order valence-corrected chi connectivity index (χ2v) is 5.10. The van der Waals surface area contributed by atoms with Crippen molar-refractivity contribution in [3.8, 4) is 0 Å². The van der Waals surface area contributed by atoms with Crippen molar-refractivity contribution in [1.82, 2.24) is 10.2 Å². The van der Waals surface area contributed by atoms with Gasteiger partial charge in [0.05, 0.1) is 0 Å². The number of likely N-dealkylation sites (N-methyl/N-ethyl adjacent to an activating group) is 1. The van der Waals surface area contributed by atoms with Crippen molar-refractivity contribution in [3.05, 3.63) is 29.3 Å². The zero-order valence-corrected chi connectivity index (χ0v) is 11.9. The minimum atomic E-state index is 0.824. The molecule has 4 heteroatoms. The van der Waals surface area contributed by atoms with Crippen LogP contribution in [0.1, 0.15) is 11.1 Å². The Bertz CT molecular complexity index is 425. The van der Waals surface area contributed by atoms with Gasteiger partial charge in [0.25, 0.3) is 0 Å². The van der Waals surface area contributed by atoms with E-state index in [4.69, 9.17) is 0 Å². The maximum atomic E-state index is 10.7. The molecule has 4 nitrogen and oxygen atoms in total. The smallest absolute Gasteiger partial charge is 0.209 e. The molecule has 0 radical (unpaired) electrons. The van der Waals surface area contributed by atoms with Crippen molar-refractivity contribution in [2.45, 2.75) is 13.3 Å². The Kier molecular flexibility index (Phi) is 4.80. The Balaban J connectivity index is 2.02. The quantitative estimate of drug-likeness (QED) is 0.804. The second-order valence-electron chi connectivity index (χ2n) is 5.10. The van der Waals surface area contributed by atoms with E-state index in [1.165, 1.54) is 16.8 Å². The molecule has 2 rings (SSSR count). The number of hydrogen-bond donors (Lipinski definition) is 1. The van der Waals surface area contributed by atoms with E-state index in [9.17, 15) is 4.79 Å². The van der Waals surface area contributed by atoms with Gasteiger partial charge in [0.15, 0.2) is 0 Å². The lowest BCUT2D eigenvalue weighted by atomic mass is 10.1. The molecule has 0 aromatic heterocycles. The SMILES string of the molecule is CNCCc1ccc(N2CCN(C=O)CC2)c(C)c1. The highest BCUT2D eigenvalue weighted by Gasteiger charge is 2.17. The first kappa shape index (κ1) is 13.9. The summed E-state index contributed by atoms with van der Waals surface area (Å²) in [6.07, 6.45) is 2.02. The van der Waals surface area contributed by atoms with Crippen LogP contribution in [0.3, 0.4) is 0 Å². The molecular formula is C15H23N3O. The maximum absolute atomic E-state index is 10.7. The van der Waals surface area contributed by atoms with Crippen LogP contribution in [-0.2, 0) is 11.2 Å². The number of anilines is 1. The number of piperazine rings is 1. The van der Waals surface area contributed by atoms with Crippen LogP contribution in [-0.4, -0.2) is 51.1 Å². The summed E-state index contributed by atoms with van der Waals surface area (Å²) < 4.78 is 0. The van der Waals surface area contributed by atoms with E-state index in [-0.39, 0.29) is 0 Å². The van der Waals surface area contributed by atoms with Gasteiger partial charge < -0.3 is 15.1 Å². The van der Waals surface area contributed by atoms with Gasteiger partial charge in [0.2, 0.25) is 6.41 Å². The summed E-state index contributed by atoms with van der Waals surface area (Å²) in [6.45, 7) is 6.68. The van der Waals surface area contributed by atoms with Crippen LogP contribution in [0, 0.1) is 6.92 Å². The number of carbonyl (C=O) groups is 1. The average molecular weight is 261 g/mol. The van der Waals surface area contributed by atoms with Gasteiger partial charge in [-0.2, -0.15) is 0 Å². The molecule has 1 N–H and O–H groups in total. The van der Waals surface area contributed by atoms with Gasteiger partial charge in [-0.1, -0.05) is 12.1 Å². The Morgan fingerprint density at radius 1 is 1.26 bits per heavy atom. The first-order valence-electron chi connectivity index (χ1n) is 6.93. The molecule has 1 aliphatic heterocycles. The molecule has 104 valence electrons. The van der Waals surface area contributed by atoms with E-state index < -0.39 is 0 Å². The predicted molar refractivity (Wildman–Crippen MR) is 78.7 cm³/mol. The van der Waals surface area contributed by atoms with Crippen LogP contribution in [0.15, 0.2) is 18.2 Å². The van der Waals surface area contributed by atoms with Gasteiger partial charge in [0.1, 0.15) is 0 Å². The van der Waals surface area contributed by atoms with Crippen LogP contribution in [0.5, 0.6) is 0 Å². The van der Waals surface area contributed by atoms with Gasteiger partial charge in [-0.25, -0.2) is 0 Å². The first-order chi connectivity index (χ1) is 9.24. The highest BCUT2D eigenvalue weighted by molar-refractivity contribution is 5.56. The Labute approximate surface area is 115 Å². The van der Waals surface area contributed by atoms with Crippen LogP contribution in [0.4, 0.5) is 5.69 Å². The summed E-state index contributed by atoms with van der Waals surface area (Å²) in [6, 6.07) is 6.71. The summed E-state index contributed by atoms with van der Waals surface area (Å²) in [5.41, 5.74) is 4.01. The zero-order valence-electron chi connectivity index (χ0n) is 11.9. The molecule has 0 spiro atoms. The number of aryl methyl sites for hydroxylation is 1. The fraction of sp³-hybridized carbons (Fsp3) is 0.533. The molecule has 0 atom stereocenters. The fourth-order valence-electron chi connectivity index (χ4n) is 2.57. The maximum Gasteiger partial charge on any atom is 0.209 e. The van der Waals surface area contributed by atoms with E-state index in [2.05, 4.69) is 35.3 Å². The molecule has 19 heavy (non-hydrogen) atoms. The lowest BCUT2D eigenvalue weighted by Crippen LogP contribution is -2.45. The molecule has 1 aromatic rings. The molecular weight excluding hydrogens is 238 g/mol. The van der Waals surface area contributed by atoms with Crippen LogP contribution in [0.25, 0.3) is 0 Å². The van der Waals surface area contributed by atoms with Crippen LogP contribution < -0.4 is 10.2 Å². The van der Waals surface area contributed by atoms with Gasteiger partial charge in [-0.3, -0.25) is 4.79 Å². The largest absolute Gasteiger partial charge is 0.368 e. The highest BCUT2D eigenvalue weighted by Crippen LogP contribution is 2.22. The molecule has 1 aliphatic rings. The summed E-state index contributed by atoms with van der Waals surface area (Å²) in [4.78, 5) is 14.9. The number of nitrogens with zero attached hydrogens (tertiary/aromatic N) is 2. The van der Waals surface area contributed by atoms with Gasteiger partial charge >= 0.3 is 0 Å². The lowest BCUT2D eigenvalue weighted by Gasteiger charge is -2.35. The van der Waals surface area contributed by atoms with Crippen LogP contribution >= 0.6 is 0 Å². The van der Waals surface area contributed by atoms with Crippen molar-refractivity contribution in [1.29, 1.82) is 0 Å². The third-order valence-electron chi connectivity index (χ3n) is 3.73. The van der Waals surface area contributed by atoms with Gasteiger partial charge in [0, 0.05) is 31.9 Å². The van der Waals surface area contributed by atoms with E-state index in [1.54, 1.807) is 0 Å². The van der Waals surface area contributed by atoms with E-state index in [1.807, 2.05) is 11.9 Å². The van der Waals surface area contributed by atoms with Crippen molar-refractivity contribution in [2.24, 2.45) is 0 Å². The topological polar surface area (TPSA) is 35.6 Å². The first-order valence-corrected chi connectivity index (χ1v) is 6.93. The summed E-state index contributed by atoms with van der Waals surface area (Å²) in [5.74, 6) is 0. The Morgan fingerprint density at radius 2 is 2.00 bits per heavy atom. The van der Waals surface area contributed by atoms with E-state index in [0.29, 0.717) is 0 Å². The predicted octanol–water partition coefficient (Wildman–Crippen LogP) is 1.04. The van der Waals surface area contributed by atoms with E-state index in [0.717, 1.165) is 45.6 Å². The second kappa shape index (κ2) is 6.57. The average Bonchev–Trinajstić information content (AvgIpc) is 2.45. The molecule has 0 saturated carbocycles. The third-order valence-corrected chi connectivity index (χ3v) is 3.73. The monoisotopic (exact) mass is 261 g/mol. The summed E-state index contributed by atoms with van der Waals surface area (Å²) in [7, 11) is 1.98. The van der Waals surface area contributed by atoms with Crippen LogP contribution in [0.2, 0.25) is 0 Å². The standard InChI is InChI=1S/C15H23N3O/c1-13-11-14(5-6-16-2)3-4-15(13)18-9-7-17(12-19)8-10-18/h3-4,11-12,16H,5-10H2,1-2H3. The van der Waals surface area contributed by atoms with Gasteiger partial charge in [-0.05, 0) is 44.1 Å². The van der Waals surface area contributed by atoms with E-state index >= 15 is 0 Å². The minimum absolute atomic E-state index is 0.824. The Morgan fingerprint density at radius 3 is 2.58 bits per heavy atom. The lowest BCUT2D eigenvalue weighted by molar-refractivity contribution is -0.118. The molecule has 0 bridgehead atoms. The molecule has 1 aromatic carbocycles. The van der Waals surface area contributed by atoms with Crippen molar-refractivity contribution in [3.63, 3.8) is 0 Å². The molecule has 0 unspecified atom stereocenters.